The standard InChI is InChI=1S/C11H20ClN/c1-9(7-12)8-13-10(2)11-5-3-4-6-11/h7,10-11,13H,3-6,8H2,1-2H3/t10-/m1/s1. The molecule has 0 aromatic rings. The lowest BCUT2D eigenvalue weighted by Crippen LogP contribution is -2.33. The van der Waals surface area contributed by atoms with Gasteiger partial charge in [0.05, 0.1) is 0 Å². The molecule has 0 bridgehead atoms. The van der Waals surface area contributed by atoms with Crippen molar-refractivity contribution in [3.05, 3.63) is 11.1 Å². The predicted octanol–water partition coefficient (Wildman–Crippen LogP) is 3.30. The molecule has 1 rings (SSSR count). The van der Waals surface area contributed by atoms with Crippen molar-refractivity contribution in [3.8, 4) is 0 Å². The molecule has 1 fully saturated rings. The first-order chi connectivity index (χ1) is 6.24. The van der Waals surface area contributed by atoms with Gasteiger partial charge in [0.2, 0.25) is 0 Å². The van der Waals surface area contributed by atoms with E-state index in [9.17, 15) is 0 Å². The summed E-state index contributed by atoms with van der Waals surface area (Å²) in [7, 11) is 0. The van der Waals surface area contributed by atoms with Crippen LogP contribution in [0, 0.1) is 5.92 Å². The first-order valence-electron chi connectivity index (χ1n) is 5.23. The number of hydrogen-bond donors (Lipinski definition) is 1. The van der Waals surface area contributed by atoms with Crippen LogP contribution in [0.15, 0.2) is 11.1 Å². The van der Waals surface area contributed by atoms with E-state index in [4.69, 9.17) is 11.6 Å². The van der Waals surface area contributed by atoms with Gasteiger partial charge < -0.3 is 5.32 Å². The third kappa shape index (κ3) is 3.70. The van der Waals surface area contributed by atoms with E-state index in [1.54, 1.807) is 5.54 Å². The Hall–Kier alpha value is -0.0100. The minimum atomic E-state index is 0.647. The summed E-state index contributed by atoms with van der Waals surface area (Å²) in [6.45, 7) is 5.28. The van der Waals surface area contributed by atoms with Gasteiger partial charge in [-0.25, -0.2) is 0 Å². The molecule has 2 heteroatoms. The zero-order valence-electron chi connectivity index (χ0n) is 8.65. The molecular formula is C11H20ClN. The molecular weight excluding hydrogens is 182 g/mol. The average molecular weight is 202 g/mol. The predicted molar refractivity (Wildman–Crippen MR) is 59.0 cm³/mol. The van der Waals surface area contributed by atoms with Crippen molar-refractivity contribution in [1.82, 2.24) is 5.32 Å². The van der Waals surface area contributed by atoms with Crippen LogP contribution >= 0.6 is 11.6 Å². The lowest BCUT2D eigenvalue weighted by Gasteiger charge is -2.20. The molecule has 0 spiro atoms. The van der Waals surface area contributed by atoms with Crippen LogP contribution in [0.1, 0.15) is 39.5 Å². The minimum Gasteiger partial charge on any atom is -0.310 e. The van der Waals surface area contributed by atoms with Gasteiger partial charge in [0.25, 0.3) is 0 Å². The van der Waals surface area contributed by atoms with Crippen LogP contribution in [0.25, 0.3) is 0 Å². The second-order valence-electron chi connectivity index (χ2n) is 4.17. The highest BCUT2D eigenvalue weighted by atomic mass is 35.5. The molecule has 0 aromatic heterocycles. The Bertz CT molecular complexity index is 171. The molecule has 0 radical (unpaired) electrons. The Morgan fingerprint density at radius 2 is 2.15 bits per heavy atom. The lowest BCUT2D eigenvalue weighted by atomic mass is 10.00. The van der Waals surface area contributed by atoms with Gasteiger partial charge in [0.1, 0.15) is 0 Å². The van der Waals surface area contributed by atoms with Gasteiger partial charge in [-0.3, -0.25) is 0 Å². The molecule has 1 saturated carbocycles. The van der Waals surface area contributed by atoms with Crippen LogP contribution in [0.3, 0.4) is 0 Å². The quantitative estimate of drug-likeness (QED) is 0.736. The van der Waals surface area contributed by atoms with Crippen LogP contribution in [-0.4, -0.2) is 12.6 Å². The lowest BCUT2D eigenvalue weighted by molar-refractivity contribution is 0.392. The highest BCUT2D eigenvalue weighted by Gasteiger charge is 2.20. The smallest absolute Gasteiger partial charge is 0.0176 e. The van der Waals surface area contributed by atoms with E-state index >= 15 is 0 Å². The number of nitrogens with one attached hydrogen (secondary N) is 1. The van der Waals surface area contributed by atoms with Gasteiger partial charge in [-0.2, -0.15) is 0 Å². The third-order valence-corrected chi connectivity index (χ3v) is 3.37. The molecule has 0 saturated heterocycles. The van der Waals surface area contributed by atoms with Crippen molar-refractivity contribution in [2.24, 2.45) is 5.92 Å². The van der Waals surface area contributed by atoms with Crippen molar-refractivity contribution in [2.75, 3.05) is 6.54 Å². The van der Waals surface area contributed by atoms with Crippen LogP contribution in [0.5, 0.6) is 0 Å². The molecule has 0 amide bonds. The van der Waals surface area contributed by atoms with Crippen molar-refractivity contribution < 1.29 is 0 Å². The maximum atomic E-state index is 5.59. The topological polar surface area (TPSA) is 12.0 Å². The molecule has 0 unspecified atom stereocenters. The number of rotatable bonds is 4. The Morgan fingerprint density at radius 1 is 1.54 bits per heavy atom. The van der Waals surface area contributed by atoms with Gasteiger partial charge in [-0.15, -0.1) is 0 Å². The molecule has 76 valence electrons. The van der Waals surface area contributed by atoms with Gasteiger partial charge >= 0.3 is 0 Å². The Kier molecular flexibility index (Phi) is 4.82. The van der Waals surface area contributed by atoms with E-state index in [0.717, 1.165) is 12.5 Å². The zero-order chi connectivity index (χ0) is 9.68. The van der Waals surface area contributed by atoms with Crippen LogP contribution in [0.2, 0.25) is 0 Å². The van der Waals surface area contributed by atoms with Gasteiger partial charge in [-0.05, 0) is 38.2 Å². The summed E-state index contributed by atoms with van der Waals surface area (Å²) in [6, 6.07) is 0.647. The first-order valence-corrected chi connectivity index (χ1v) is 5.67. The van der Waals surface area contributed by atoms with E-state index in [1.165, 1.54) is 31.3 Å². The number of halogens is 1. The van der Waals surface area contributed by atoms with Crippen molar-refractivity contribution in [1.29, 1.82) is 0 Å². The molecule has 0 aromatic carbocycles. The molecule has 1 atom stereocenters. The summed E-state index contributed by atoms with van der Waals surface area (Å²) in [5.41, 5.74) is 2.88. The van der Waals surface area contributed by atoms with Gasteiger partial charge in [0.15, 0.2) is 0 Å². The monoisotopic (exact) mass is 201 g/mol. The maximum Gasteiger partial charge on any atom is 0.0176 e. The molecule has 1 aliphatic rings. The first kappa shape index (κ1) is 11.1. The van der Waals surface area contributed by atoms with E-state index < -0.39 is 0 Å². The van der Waals surface area contributed by atoms with E-state index in [0.29, 0.717) is 6.04 Å². The summed E-state index contributed by atoms with van der Waals surface area (Å²) in [5.74, 6) is 0.892. The highest BCUT2D eigenvalue weighted by molar-refractivity contribution is 6.25. The zero-order valence-corrected chi connectivity index (χ0v) is 9.40. The SMILES string of the molecule is CC(=CCl)CN[C@H](C)C1CCCC1. The normalized spacial score (nSPS) is 22.2. The molecule has 1 aliphatic carbocycles. The van der Waals surface area contributed by atoms with E-state index in [2.05, 4.69) is 19.2 Å². The molecule has 0 heterocycles. The van der Waals surface area contributed by atoms with Crippen LogP contribution in [0.4, 0.5) is 0 Å². The molecule has 13 heavy (non-hydrogen) atoms. The van der Waals surface area contributed by atoms with Crippen molar-refractivity contribution in [2.45, 2.75) is 45.6 Å². The molecule has 1 N–H and O–H groups in total. The Morgan fingerprint density at radius 3 is 2.69 bits per heavy atom. The van der Waals surface area contributed by atoms with Crippen LogP contribution < -0.4 is 5.32 Å². The minimum absolute atomic E-state index is 0.647. The maximum absolute atomic E-state index is 5.59. The Balaban J connectivity index is 2.20. The fourth-order valence-corrected chi connectivity index (χ4v) is 2.06. The molecule has 0 aliphatic heterocycles. The number of hydrogen-bond acceptors (Lipinski definition) is 1. The third-order valence-electron chi connectivity index (χ3n) is 3.00. The van der Waals surface area contributed by atoms with Gasteiger partial charge in [-0.1, -0.05) is 24.4 Å². The largest absolute Gasteiger partial charge is 0.310 e. The molecule has 1 nitrogen and oxygen atoms in total. The average Bonchev–Trinajstić information content (AvgIpc) is 2.66. The van der Waals surface area contributed by atoms with E-state index in [-0.39, 0.29) is 0 Å². The summed E-state index contributed by atoms with van der Waals surface area (Å²) in [5, 5.41) is 3.52. The Labute approximate surface area is 86.5 Å². The van der Waals surface area contributed by atoms with Gasteiger partial charge in [0, 0.05) is 18.1 Å². The second kappa shape index (κ2) is 5.66. The fourth-order valence-electron chi connectivity index (χ4n) is 1.98. The summed E-state index contributed by atoms with van der Waals surface area (Å²) in [6.07, 6.45) is 5.64. The summed E-state index contributed by atoms with van der Waals surface area (Å²) >= 11 is 5.59. The van der Waals surface area contributed by atoms with Crippen molar-refractivity contribution >= 4 is 11.6 Å². The highest BCUT2D eigenvalue weighted by Crippen LogP contribution is 2.27. The van der Waals surface area contributed by atoms with Crippen molar-refractivity contribution in [3.63, 3.8) is 0 Å². The summed E-state index contributed by atoms with van der Waals surface area (Å²) in [4.78, 5) is 0. The second-order valence-corrected chi connectivity index (χ2v) is 4.39. The summed E-state index contributed by atoms with van der Waals surface area (Å²) < 4.78 is 0. The van der Waals surface area contributed by atoms with E-state index in [1.807, 2.05) is 0 Å². The van der Waals surface area contributed by atoms with Crippen LogP contribution in [-0.2, 0) is 0 Å². The fraction of sp³-hybridized carbons (Fsp3) is 0.818.